The van der Waals surface area contributed by atoms with E-state index in [1.165, 1.54) is 18.6 Å². The second kappa shape index (κ2) is 4.52. The van der Waals surface area contributed by atoms with Crippen LogP contribution < -0.4 is 9.40 Å². The first kappa shape index (κ1) is 14.9. The number of rotatable bonds is 4. The fourth-order valence-electron chi connectivity index (χ4n) is 1.63. The van der Waals surface area contributed by atoms with E-state index in [2.05, 4.69) is 4.18 Å². The highest BCUT2D eigenvalue weighted by atomic mass is 32.3. The van der Waals surface area contributed by atoms with Crippen LogP contribution in [-0.2, 0) is 21.6 Å². The zero-order chi connectivity index (χ0) is 14.3. The molecule has 0 N–H and O–H groups in total. The lowest BCUT2D eigenvalue weighted by atomic mass is 10.4. The lowest BCUT2D eigenvalue weighted by molar-refractivity contribution is -0.684. The van der Waals surface area contributed by atoms with Crippen LogP contribution in [0.1, 0.15) is 31.1 Å². The first-order chi connectivity index (χ1) is 7.94. The fourth-order valence-corrected chi connectivity index (χ4v) is 2.15. The summed E-state index contributed by atoms with van der Waals surface area (Å²) in [6.45, 7) is 8.25. The van der Waals surface area contributed by atoms with E-state index >= 15 is 0 Å². The van der Waals surface area contributed by atoms with E-state index in [-0.39, 0.29) is 0 Å². The van der Waals surface area contributed by atoms with Gasteiger partial charge in [-0.1, -0.05) is 0 Å². The molecule has 104 valence electrons. The highest BCUT2D eigenvalue weighted by Crippen LogP contribution is 2.14. The van der Waals surface area contributed by atoms with Gasteiger partial charge in [0, 0.05) is 34.6 Å². The van der Waals surface area contributed by atoms with Crippen molar-refractivity contribution in [1.29, 1.82) is 0 Å². The van der Waals surface area contributed by atoms with E-state index < -0.39 is 16.2 Å². The van der Waals surface area contributed by atoms with Crippen LogP contribution in [-0.4, -0.2) is 23.5 Å². The van der Waals surface area contributed by atoms with Crippen LogP contribution in [0.25, 0.3) is 0 Å². The first-order valence-corrected chi connectivity index (χ1v) is 6.68. The molecule has 0 spiro atoms. The summed E-state index contributed by atoms with van der Waals surface area (Å²) in [6.07, 6.45) is 0. The topological polar surface area (TPSA) is 84.5 Å². The number of hydrogen-bond donors (Lipinski definition) is 0. The zero-order valence-electron chi connectivity index (χ0n) is 11.3. The van der Waals surface area contributed by atoms with Crippen molar-refractivity contribution in [2.45, 2.75) is 40.4 Å². The predicted molar refractivity (Wildman–Crippen MR) is 61.3 cm³/mol. The maximum atomic E-state index is 10.6. The summed E-state index contributed by atoms with van der Waals surface area (Å²) in [5, 5.41) is 0. The number of aromatic nitrogens is 2. The van der Waals surface area contributed by atoms with Gasteiger partial charge in [0.1, 0.15) is 5.69 Å². The van der Waals surface area contributed by atoms with Crippen LogP contribution in [0.3, 0.4) is 0 Å². The molecular weight excluding hydrogens is 260 g/mol. The van der Waals surface area contributed by atoms with E-state index in [1.54, 1.807) is 0 Å². The predicted octanol–water partition coefficient (Wildman–Crippen LogP) is -0.121. The molecule has 0 fully saturated rings. The summed E-state index contributed by atoms with van der Waals surface area (Å²) in [7, 11) is -2.97. The van der Waals surface area contributed by atoms with Gasteiger partial charge < -0.3 is 4.55 Å². The summed E-state index contributed by atoms with van der Waals surface area (Å²) in [5.74, 6) is -0.820. The molecule has 1 aromatic rings. The second-order valence-electron chi connectivity index (χ2n) is 4.55. The van der Waals surface area contributed by atoms with Crippen LogP contribution in [0.2, 0.25) is 0 Å². The van der Waals surface area contributed by atoms with Gasteiger partial charge in [-0.05, 0) is 4.73 Å². The summed E-state index contributed by atoms with van der Waals surface area (Å²) < 4.78 is 39.5. The first-order valence-electron chi connectivity index (χ1n) is 5.35. The van der Waals surface area contributed by atoms with Crippen LogP contribution >= 0.6 is 0 Å². The number of hydrogen-bond acceptors (Lipinski definition) is 5. The molecule has 18 heavy (non-hydrogen) atoms. The third-order valence-corrected chi connectivity index (χ3v) is 3.33. The number of imidazole rings is 1. The SMILES string of the molecule is Cc1c(C)[n+](C)c(C)n1OC(C)(C)OS(=O)(=O)[O-]. The second-order valence-corrected chi connectivity index (χ2v) is 5.54. The van der Waals surface area contributed by atoms with Crippen molar-refractivity contribution in [3.63, 3.8) is 0 Å². The van der Waals surface area contributed by atoms with Gasteiger partial charge in [0.05, 0.1) is 7.05 Å². The average molecular weight is 278 g/mol. The molecule has 1 heterocycles. The molecule has 0 atom stereocenters. The van der Waals surface area contributed by atoms with Gasteiger partial charge >= 0.3 is 0 Å². The van der Waals surface area contributed by atoms with Crippen molar-refractivity contribution < 1.29 is 26.6 Å². The van der Waals surface area contributed by atoms with Gasteiger partial charge in [0.15, 0.2) is 5.69 Å². The maximum absolute atomic E-state index is 10.6. The van der Waals surface area contributed by atoms with Crippen molar-refractivity contribution in [3.8, 4) is 0 Å². The quantitative estimate of drug-likeness (QED) is 0.332. The fraction of sp³-hybridized carbons (Fsp3) is 0.700. The monoisotopic (exact) mass is 278 g/mol. The Morgan fingerprint density at radius 1 is 1.28 bits per heavy atom. The molecule has 0 bridgehead atoms. The Hall–Kier alpha value is -1.12. The highest BCUT2D eigenvalue weighted by Gasteiger charge is 2.32. The van der Waals surface area contributed by atoms with E-state index in [0.717, 1.165) is 17.2 Å². The Labute approximate surface area is 107 Å². The van der Waals surface area contributed by atoms with E-state index in [4.69, 9.17) is 4.84 Å². The molecule has 0 unspecified atom stereocenters. The molecule has 0 aliphatic carbocycles. The molecule has 0 saturated carbocycles. The van der Waals surface area contributed by atoms with Crippen molar-refractivity contribution >= 4 is 10.4 Å². The minimum absolute atomic E-state index is 0.755. The third-order valence-electron chi connectivity index (χ3n) is 2.72. The Bertz CT molecular complexity index is 534. The van der Waals surface area contributed by atoms with Gasteiger partial charge in [-0.2, -0.15) is 0 Å². The lowest BCUT2D eigenvalue weighted by Gasteiger charge is -2.23. The van der Waals surface area contributed by atoms with Crippen LogP contribution in [0, 0.1) is 20.8 Å². The molecule has 0 aromatic carbocycles. The molecule has 0 amide bonds. The summed E-state index contributed by atoms with van der Waals surface area (Å²) in [6, 6.07) is 0. The normalized spacial score (nSPS) is 12.8. The Kier molecular flexibility index (Phi) is 3.75. The van der Waals surface area contributed by atoms with Gasteiger partial charge in [0.2, 0.25) is 10.4 Å². The molecule has 8 heteroatoms. The standard InChI is InChI=1S/C10H18N2O5S/c1-7-8(2)12(9(3)11(7)6)16-10(4,5)17-18(13,14)15/h1-6H3. The average Bonchev–Trinajstić information content (AvgIpc) is 2.32. The molecule has 0 aliphatic rings. The molecule has 1 aromatic heterocycles. The van der Waals surface area contributed by atoms with Gasteiger partial charge in [-0.15, -0.1) is 0 Å². The van der Waals surface area contributed by atoms with Gasteiger partial charge in [-0.3, -0.25) is 4.84 Å². The van der Waals surface area contributed by atoms with Crippen molar-refractivity contribution in [2.75, 3.05) is 0 Å². The Balaban J connectivity index is 3.09. The third kappa shape index (κ3) is 3.21. The van der Waals surface area contributed by atoms with E-state index in [9.17, 15) is 13.0 Å². The van der Waals surface area contributed by atoms with Crippen LogP contribution in [0.4, 0.5) is 0 Å². The minimum Gasteiger partial charge on any atom is -0.725 e. The van der Waals surface area contributed by atoms with Crippen molar-refractivity contribution in [2.24, 2.45) is 7.05 Å². The minimum atomic E-state index is -4.83. The van der Waals surface area contributed by atoms with Crippen LogP contribution in [0.5, 0.6) is 0 Å². The smallest absolute Gasteiger partial charge is 0.293 e. The van der Waals surface area contributed by atoms with Crippen molar-refractivity contribution in [3.05, 3.63) is 17.2 Å². The summed E-state index contributed by atoms with van der Waals surface area (Å²) in [5.41, 5.74) is 1.77. The van der Waals surface area contributed by atoms with E-state index in [1.807, 2.05) is 32.4 Å². The molecule has 1 rings (SSSR count). The van der Waals surface area contributed by atoms with Gasteiger partial charge in [0.25, 0.3) is 11.6 Å². The lowest BCUT2D eigenvalue weighted by Crippen LogP contribution is -2.42. The zero-order valence-corrected chi connectivity index (χ0v) is 12.2. The molecule has 7 nitrogen and oxygen atoms in total. The Morgan fingerprint density at radius 3 is 2.11 bits per heavy atom. The van der Waals surface area contributed by atoms with Crippen LogP contribution in [0.15, 0.2) is 0 Å². The molecule has 0 aliphatic heterocycles. The molecular formula is C10H18N2O5S. The van der Waals surface area contributed by atoms with E-state index in [0.29, 0.717) is 0 Å². The molecule has 0 radical (unpaired) electrons. The summed E-state index contributed by atoms with van der Waals surface area (Å²) in [4.78, 5) is 5.44. The Morgan fingerprint density at radius 2 is 1.78 bits per heavy atom. The largest absolute Gasteiger partial charge is 0.725 e. The maximum Gasteiger partial charge on any atom is 0.293 e. The van der Waals surface area contributed by atoms with Gasteiger partial charge in [-0.25, -0.2) is 17.2 Å². The summed E-state index contributed by atoms with van der Waals surface area (Å²) >= 11 is 0. The highest BCUT2D eigenvalue weighted by molar-refractivity contribution is 7.80. The van der Waals surface area contributed by atoms with Crippen molar-refractivity contribution in [1.82, 2.24) is 4.73 Å². The molecule has 0 saturated heterocycles. The number of nitrogens with zero attached hydrogens (tertiary/aromatic N) is 2.